The van der Waals surface area contributed by atoms with Crippen LogP contribution in [0.1, 0.15) is 45.4 Å². The number of benzene rings is 2. The van der Waals surface area contributed by atoms with E-state index < -0.39 is 0 Å². The van der Waals surface area contributed by atoms with Gasteiger partial charge in [0.2, 0.25) is 0 Å². The zero-order valence-corrected chi connectivity index (χ0v) is 15.9. The molecule has 1 aliphatic rings. The van der Waals surface area contributed by atoms with Crippen molar-refractivity contribution in [2.45, 2.75) is 32.7 Å². The van der Waals surface area contributed by atoms with Gasteiger partial charge in [-0.1, -0.05) is 24.3 Å². The number of carbonyl (C=O) groups is 2. The van der Waals surface area contributed by atoms with Gasteiger partial charge >= 0.3 is 0 Å². The Kier molecular flexibility index (Phi) is 4.74. The van der Waals surface area contributed by atoms with Crippen molar-refractivity contribution in [1.29, 1.82) is 0 Å². The molecule has 142 valence electrons. The summed E-state index contributed by atoms with van der Waals surface area (Å²) in [5, 5.41) is 2.84. The Bertz CT molecular complexity index is 1020. The third kappa shape index (κ3) is 3.31. The lowest BCUT2D eigenvalue weighted by Gasteiger charge is -2.35. The number of fused-ring (bicyclic) bond motifs is 1. The molecule has 0 unspecified atom stereocenters. The van der Waals surface area contributed by atoms with Gasteiger partial charge in [0, 0.05) is 23.0 Å². The Balaban J connectivity index is 1.64. The molecule has 1 N–H and O–H groups in total. The zero-order chi connectivity index (χ0) is 19.7. The molecule has 4 rings (SSSR count). The standard InChI is InChI=1S/C23H22N2O3/c1-15-9-11-18(14-19(15)24-22(26)21-8-5-13-28-21)23(27)25-16(2)10-12-17-6-3-4-7-20(17)25/h3-9,11,13-14,16H,10,12H2,1-2H3,(H,24,26)/t16-/m1/s1. The van der Waals surface area contributed by atoms with Crippen molar-refractivity contribution in [3.63, 3.8) is 0 Å². The second-order valence-electron chi connectivity index (χ2n) is 7.15. The molecule has 1 aliphatic heterocycles. The van der Waals surface area contributed by atoms with E-state index in [2.05, 4.69) is 18.3 Å². The van der Waals surface area contributed by atoms with Crippen molar-refractivity contribution in [3.05, 3.63) is 83.3 Å². The van der Waals surface area contributed by atoms with Gasteiger partial charge in [0.25, 0.3) is 11.8 Å². The summed E-state index contributed by atoms with van der Waals surface area (Å²) in [6.45, 7) is 3.96. The van der Waals surface area contributed by atoms with Crippen LogP contribution < -0.4 is 10.2 Å². The lowest BCUT2D eigenvalue weighted by molar-refractivity contribution is 0.0971. The molecule has 2 amide bonds. The SMILES string of the molecule is Cc1ccc(C(=O)N2c3ccccc3CC[C@H]2C)cc1NC(=O)c1ccco1. The summed E-state index contributed by atoms with van der Waals surface area (Å²) in [6.07, 6.45) is 3.35. The molecule has 0 spiro atoms. The van der Waals surface area contributed by atoms with Crippen LogP contribution in [0, 0.1) is 6.92 Å². The van der Waals surface area contributed by atoms with E-state index in [1.165, 1.54) is 11.8 Å². The van der Waals surface area contributed by atoms with E-state index in [1.54, 1.807) is 18.2 Å². The number of nitrogens with one attached hydrogen (secondary N) is 1. The maximum Gasteiger partial charge on any atom is 0.291 e. The number of carbonyl (C=O) groups excluding carboxylic acids is 2. The third-order valence-electron chi connectivity index (χ3n) is 5.22. The van der Waals surface area contributed by atoms with Crippen LogP contribution in [0.25, 0.3) is 0 Å². The maximum absolute atomic E-state index is 13.3. The first kappa shape index (κ1) is 18.0. The number of para-hydroxylation sites is 1. The highest BCUT2D eigenvalue weighted by Crippen LogP contribution is 2.32. The number of rotatable bonds is 3. The molecule has 0 saturated heterocycles. The van der Waals surface area contributed by atoms with Crippen molar-refractivity contribution >= 4 is 23.2 Å². The molecular weight excluding hydrogens is 352 g/mol. The topological polar surface area (TPSA) is 62.6 Å². The van der Waals surface area contributed by atoms with Crippen LogP contribution in [0.2, 0.25) is 0 Å². The van der Waals surface area contributed by atoms with Crippen LogP contribution in [0.4, 0.5) is 11.4 Å². The van der Waals surface area contributed by atoms with E-state index in [4.69, 9.17) is 4.42 Å². The van der Waals surface area contributed by atoms with Crippen molar-refractivity contribution in [3.8, 4) is 0 Å². The molecule has 5 nitrogen and oxygen atoms in total. The van der Waals surface area contributed by atoms with E-state index in [-0.39, 0.29) is 23.6 Å². The van der Waals surface area contributed by atoms with Gasteiger partial charge in [0.15, 0.2) is 5.76 Å². The Hall–Kier alpha value is -3.34. The summed E-state index contributed by atoms with van der Waals surface area (Å²) < 4.78 is 5.15. The van der Waals surface area contributed by atoms with Gasteiger partial charge in [0.05, 0.1) is 6.26 Å². The Morgan fingerprint density at radius 1 is 1.11 bits per heavy atom. The Morgan fingerprint density at radius 3 is 2.71 bits per heavy atom. The van der Waals surface area contributed by atoms with Crippen molar-refractivity contribution in [1.82, 2.24) is 0 Å². The fourth-order valence-electron chi connectivity index (χ4n) is 3.62. The molecule has 0 radical (unpaired) electrons. The molecule has 2 aromatic carbocycles. The van der Waals surface area contributed by atoms with Gasteiger partial charge < -0.3 is 14.6 Å². The normalized spacial score (nSPS) is 15.8. The fraction of sp³-hybridized carbons (Fsp3) is 0.217. The van der Waals surface area contributed by atoms with Gasteiger partial charge in [-0.05, 0) is 68.1 Å². The number of hydrogen-bond acceptors (Lipinski definition) is 3. The molecule has 28 heavy (non-hydrogen) atoms. The quantitative estimate of drug-likeness (QED) is 0.715. The highest BCUT2D eigenvalue weighted by molar-refractivity contribution is 6.09. The summed E-state index contributed by atoms with van der Waals surface area (Å²) in [5.41, 5.74) is 4.18. The number of amides is 2. The molecule has 0 saturated carbocycles. The smallest absolute Gasteiger partial charge is 0.291 e. The van der Waals surface area contributed by atoms with Crippen LogP contribution in [0.5, 0.6) is 0 Å². The predicted octanol–water partition coefficient (Wildman–Crippen LogP) is 4.82. The minimum atomic E-state index is -0.339. The molecular formula is C23H22N2O3. The minimum Gasteiger partial charge on any atom is -0.459 e. The first-order valence-corrected chi connectivity index (χ1v) is 9.41. The van der Waals surface area contributed by atoms with E-state index in [0.29, 0.717) is 11.3 Å². The lowest BCUT2D eigenvalue weighted by Crippen LogP contribution is -2.42. The van der Waals surface area contributed by atoms with E-state index in [1.807, 2.05) is 42.2 Å². The molecule has 0 aliphatic carbocycles. The summed E-state index contributed by atoms with van der Waals surface area (Å²) in [7, 11) is 0. The lowest BCUT2D eigenvalue weighted by atomic mass is 9.95. The minimum absolute atomic E-state index is 0.0619. The van der Waals surface area contributed by atoms with Gasteiger partial charge in [-0.25, -0.2) is 0 Å². The molecule has 0 fully saturated rings. The average molecular weight is 374 g/mol. The van der Waals surface area contributed by atoms with Gasteiger partial charge in [-0.2, -0.15) is 0 Å². The van der Waals surface area contributed by atoms with E-state index in [0.717, 1.165) is 24.1 Å². The first-order valence-electron chi connectivity index (χ1n) is 9.41. The van der Waals surface area contributed by atoms with Crippen LogP contribution in [0.15, 0.2) is 65.3 Å². The molecule has 3 aromatic rings. The largest absolute Gasteiger partial charge is 0.459 e. The van der Waals surface area contributed by atoms with Crippen LogP contribution in [0.3, 0.4) is 0 Å². The summed E-state index contributed by atoms with van der Waals surface area (Å²) in [4.78, 5) is 27.5. The molecule has 5 heteroatoms. The summed E-state index contributed by atoms with van der Waals surface area (Å²) in [5.74, 6) is -0.169. The fourth-order valence-corrected chi connectivity index (χ4v) is 3.62. The zero-order valence-electron chi connectivity index (χ0n) is 15.9. The summed E-state index contributed by atoms with van der Waals surface area (Å²) >= 11 is 0. The van der Waals surface area contributed by atoms with Crippen molar-refractivity contribution < 1.29 is 14.0 Å². The molecule has 0 bridgehead atoms. The number of nitrogens with zero attached hydrogens (tertiary/aromatic N) is 1. The maximum atomic E-state index is 13.3. The molecule has 1 atom stereocenters. The van der Waals surface area contributed by atoms with Crippen LogP contribution in [-0.4, -0.2) is 17.9 Å². The van der Waals surface area contributed by atoms with Gasteiger partial charge in [-0.15, -0.1) is 0 Å². The number of aryl methyl sites for hydroxylation is 2. The number of hydrogen-bond donors (Lipinski definition) is 1. The van der Waals surface area contributed by atoms with E-state index >= 15 is 0 Å². The van der Waals surface area contributed by atoms with Gasteiger partial charge in [-0.3, -0.25) is 9.59 Å². The molecule has 1 aromatic heterocycles. The second kappa shape index (κ2) is 7.35. The van der Waals surface area contributed by atoms with Crippen molar-refractivity contribution in [2.24, 2.45) is 0 Å². The molecule has 2 heterocycles. The number of anilines is 2. The summed E-state index contributed by atoms with van der Waals surface area (Å²) in [6, 6.07) is 16.8. The highest BCUT2D eigenvalue weighted by Gasteiger charge is 2.29. The van der Waals surface area contributed by atoms with Crippen molar-refractivity contribution in [2.75, 3.05) is 10.2 Å². The van der Waals surface area contributed by atoms with E-state index in [9.17, 15) is 9.59 Å². The van der Waals surface area contributed by atoms with Crippen LogP contribution >= 0.6 is 0 Å². The third-order valence-corrected chi connectivity index (χ3v) is 5.22. The number of furan rings is 1. The Morgan fingerprint density at radius 2 is 1.93 bits per heavy atom. The van der Waals surface area contributed by atoms with Gasteiger partial charge in [0.1, 0.15) is 0 Å². The monoisotopic (exact) mass is 374 g/mol. The Labute approximate surface area is 164 Å². The predicted molar refractivity (Wildman–Crippen MR) is 109 cm³/mol. The van der Waals surface area contributed by atoms with Crippen LogP contribution in [-0.2, 0) is 6.42 Å². The first-order chi connectivity index (χ1) is 13.5. The highest BCUT2D eigenvalue weighted by atomic mass is 16.3. The average Bonchev–Trinajstić information content (AvgIpc) is 3.24. The second-order valence-corrected chi connectivity index (χ2v) is 7.15.